The van der Waals surface area contributed by atoms with Gasteiger partial charge in [0.05, 0.1) is 23.9 Å². The summed E-state index contributed by atoms with van der Waals surface area (Å²) in [5, 5.41) is 14.6. The van der Waals surface area contributed by atoms with E-state index >= 15 is 4.39 Å². The van der Waals surface area contributed by atoms with E-state index < -0.39 is 89.2 Å². The molecule has 3 saturated heterocycles. The fraction of sp³-hybridized carbons (Fsp3) is 0.732. The fourth-order valence-corrected chi connectivity index (χ4v) is 8.82. The minimum atomic E-state index is -3.17. The van der Waals surface area contributed by atoms with E-state index in [1.807, 2.05) is 19.1 Å². The van der Waals surface area contributed by atoms with E-state index in [1.165, 1.54) is 18.9 Å². The van der Waals surface area contributed by atoms with Crippen molar-refractivity contribution < 1.29 is 52.4 Å². The maximum Gasteiger partial charge on any atom is 0.410 e. The van der Waals surface area contributed by atoms with Crippen LogP contribution in [-0.2, 0) is 44.5 Å². The number of fused-ring (bicyclic) bond motifs is 1. The van der Waals surface area contributed by atoms with Gasteiger partial charge in [0.1, 0.15) is 18.0 Å². The number of aliphatic hydroxyl groups excluding tert-OH is 1. The van der Waals surface area contributed by atoms with Crippen molar-refractivity contribution in [3.8, 4) is 0 Å². The Morgan fingerprint density at radius 1 is 1.13 bits per heavy atom. The number of pyridine rings is 1. The van der Waals surface area contributed by atoms with E-state index in [2.05, 4.69) is 16.9 Å². The number of methoxy groups -OCH3 is 1. The molecule has 0 spiro atoms. The zero-order valence-corrected chi connectivity index (χ0v) is 33.9. The third-order valence-electron chi connectivity index (χ3n) is 11.9. The van der Waals surface area contributed by atoms with Crippen molar-refractivity contribution in [3.63, 3.8) is 0 Å². The van der Waals surface area contributed by atoms with Crippen LogP contribution in [0.2, 0.25) is 0 Å². The summed E-state index contributed by atoms with van der Waals surface area (Å²) in [6.07, 6.45) is 1.70. The third kappa shape index (κ3) is 9.47. The molecule has 0 saturated carbocycles. The molecule has 1 aromatic rings. The van der Waals surface area contributed by atoms with Gasteiger partial charge in [-0.1, -0.05) is 39.8 Å². The number of aromatic nitrogens is 1. The highest BCUT2D eigenvalue weighted by Gasteiger charge is 2.61. The van der Waals surface area contributed by atoms with Gasteiger partial charge in [-0.3, -0.25) is 14.6 Å². The van der Waals surface area contributed by atoms with Crippen LogP contribution in [0.5, 0.6) is 0 Å². The molecule has 1 amide bonds. The molecule has 0 aliphatic carbocycles. The van der Waals surface area contributed by atoms with Crippen molar-refractivity contribution in [2.75, 3.05) is 20.2 Å². The number of unbranched alkanes of at least 4 members (excludes halogenated alkanes) is 1. The Labute approximate surface area is 325 Å². The summed E-state index contributed by atoms with van der Waals surface area (Å²) in [5.41, 5.74) is -5.14. The highest BCUT2D eigenvalue weighted by Crippen LogP contribution is 2.43. The summed E-state index contributed by atoms with van der Waals surface area (Å²) < 4.78 is 47.2. The number of amides is 1. The van der Waals surface area contributed by atoms with Crippen molar-refractivity contribution >= 4 is 23.6 Å². The lowest BCUT2D eigenvalue weighted by Crippen LogP contribution is -2.62. The topological polar surface area (TPSA) is 163 Å². The molecule has 0 aromatic carbocycles. The van der Waals surface area contributed by atoms with Crippen molar-refractivity contribution in [1.29, 1.82) is 0 Å². The van der Waals surface area contributed by atoms with E-state index in [-0.39, 0.29) is 31.3 Å². The molecule has 13 atom stereocenters. The first-order valence-electron chi connectivity index (χ1n) is 19.6. The highest BCUT2D eigenvalue weighted by molar-refractivity contribution is 6.08. The van der Waals surface area contributed by atoms with E-state index in [9.17, 15) is 24.3 Å². The zero-order chi connectivity index (χ0) is 40.9. The Bertz CT molecular complexity index is 1510. The van der Waals surface area contributed by atoms with E-state index in [1.54, 1.807) is 53.1 Å². The number of hydrogen-bond acceptors (Lipinski definition) is 12. The van der Waals surface area contributed by atoms with Crippen LogP contribution >= 0.6 is 0 Å². The lowest BCUT2D eigenvalue weighted by atomic mass is 9.73. The second-order valence-electron chi connectivity index (χ2n) is 16.2. The summed E-state index contributed by atoms with van der Waals surface area (Å²) in [4.78, 5) is 62.0. The molecule has 4 rings (SSSR count). The number of aryl methyl sites for hydroxylation is 1. The molecule has 14 heteroatoms. The zero-order valence-electron chi connectivity index (χ0n) is 33.9. The summed E-state index contributed by atoms with van der Waals surface area (Å²) in [7, 11) is 1.40. The van der Waals surface area contributed by atoms with Crippen LogP contribution in [0, 0.1) is 17.8 Å². The van der Waals surface area contributed by atoms with Gasteiger partial charge in [0.15, 0.2) is 17.7 Å². The molecule has 13 nitrogen and oxygen atoms in total. The Morgan fingerprint density at radius 3 is 2.45 bits per heavy atom. The first-order valence-corrected chi connectivity index (χ1v) is 19.6. The molecule has 3 fully saturated rings. The third-order valence-corrected chi connectivity index (χ3v) is 11.9. The van der Waals surface area contributed by atoms with Gasteiger partial charge in [-0.05, 0) is 77.8 Å². The maximum absolute atomic E-state index is 16.8. The molecule has 308 valence electrons. The molecule has 2 N–H and O–H groups in total. The van der Waals surface area contributed by atoms with Gasteiger partial charge in [0, 0.05) is 56.4 Å². The van der Waals surface area contributed by atoms with Crippen LogP contribution in [0.15, 0.2) is 37.2 Å². The predicted octanol–water partition coefficient (Wildman–Crippen LogP) is 4.91. The highest BCUT2D eigenvalue weighted by atomic mass is 19.1. The van der Waals surface area contributed by atoms with Crippen molar-refractivity contribution in [2.45, 2.75) is 154 Å². The molecular weight excluding hydrogens is 713 g/mol. The van der Waals surface area contributed by atoms with Crippen LogP contribution in [0.4, 0.5) is 9.18 Å². The molecule has 0 bridgehead atoms. The monoisotopic (exact) mass is 775 g/mol. The number of cyclic esters (lactones) is 1. The molecule has 1 aromatic heterocycles. The summed E-state index contributed by atoms with van der Waals surface area (Å²) >= 11 is 0. The summed E-state index contributed by atoms with van der Waals surface area (Å²) in [6.45, 7) is 16.9. The number of alkyl halides is 1. The molecule has 55 heavy (non-hydrogen) atoms. The molecule has 4 heterocycles. The van der Waals surface area contributed by atoms with E-state index in [0.717, 1.165) is 25.3 Å². The number of ketones is 2. The second-order valence-corrected chi connectivity index (χ2v) is 16.2. The molecule has 0 radical (unpaired) electrons. The first-order chi connectivity index (χ1) is 25.9. The van der Waals surface area contributed by atoms with Gasteiger partial charge in [0.2, 0.25) is 0 Å². The molecule has 3 aliphatic heterocycles. The SMILES string of the molecule is C=CCN[C@H]1C[C@@H](C)O[C@@H](O[C@@H]2[C@@H](C)C(=O)[C@](C)(F)C(=O)O[C@H](CC)[C@@]3(C)OC(=O)N(CCCCc4cccnc4)C3[C@@H](C)C(=O)[C@H](C)C[C@@]2(C)OC)[C@H]1O. The Hall–Kier alpha value is -3.30. The van der Waals surface area contributed by atoms with Crippen LogP contribution in [-0.4, -0.2) is 118 Å². The first kappa shape index (κ1) is 44.4. The number of esters is 1. The average molecular weight is 776 g/mol. The average Bonchev–Trinajstić information content (AvgIpc) is 3.42. The fourth-order valence-electron chi connectivity index (χ4n) is 8.82. The van der Waals surface area contributed by atoms with Crippen molar-refractivity contribution in [2.24, 2.45) is 17.8 Å². The van der Waals surface area contributed by atoms with Gasteiger partial charge in [-0.15, -0.1) is 6.58 Å². The number of nitrogens with one attached hydrogen (secondary N) is 1. The summed E-state index contributed by atoms with van der Waals surface area (Å²) in [5.74, 6) is -5.76. The van der Waals surface area contributed by atoms with Crippen LogP contribution in [0.1, 0.15) is 93.1 Å². The maximum atomic E-state index is 16.8. The molecular formula is C41H62FN3O10. The minimum Gasteiger partial charge on any atom is -0.455 e. The number of halogens is 1. The normalized spacial score (nSPS) is 39.2. The van der Waals surface area contributed by atoms with Crippen molar-refractivity contribution in [1.82, 2.24) is 15.2 Å². The van der Waals surface area contributed by atoms with Crippen LogP contribution in [0.25, 0.3) is 0 Å². The molecule has 3 aliphatic rings. The van der Waals surface area contributed by atoms with Gasteiger partial charge in [-0.25, -0.2) is 14.0 Å². The number of carbonyl (C=O) groups is 4. The number of nitrogens with zero attached hydrogens (tertiary/aromatic N) is 2. The minimum absolute atomic E-state index is 0.000523. The van der Waals surface area contributed by atoms with Crippen LogP contribution < -0.4 is 5.32 Å². The van der Waals surface area contributed by atoms with Gasteiger partial charge in [0.25, 0.3) is 5.67 Å². The second kappa shape index (κ2) is 18.3. The van der Waals surface area contributed by atoms with Crippen molar-refractivity contribution in [3.05, 3.63) is 42.7 Å². The van der Waals surface area contributed by atoms with Gasteiger partial charge < -0.3 is 39.0 Å². The standard InChI is InChI=1S/C41H62FN3O10/c1-11-18-44-29-21-25(4)52-36(32(29)47)54-35-27(6)34(48)40(8,42)37(49)53-30(12-2)41(9)33(26(5)31(46)24(3)22-39(35,7)51-10)45(38(50)55-41)20-14-13-16-28-17-15-19-43-23-28/h11,15,17,19,23-27,29-30,32-33,35-36,44,47H,1,12-14,16,18,20-22H2,2-10H3/t24-,25-,26+,27+,29+,30-,32+,33?,35-,36+,39-,40+,41-/m1/s1. The molecule has 1 unspecified atom stereocenters. The summed E-state index contributed by atoms with van der Waals surface area (Å²) in [6, 6.07) is 2.48. The smallest absolute Gasteiger partial charge is 0.410 e. The largest absolute Gasteiger partial charge is 0.455 e. The number of hydrogen-bond donors (Lipinski definition) is 2. The van der Waals surface area contributed by atoms with E-state index in [0.29, 0.717) is 19.4 Å². The lowest BCUT2D eigenvalue weighted by Gasteiger charge is -2.46. The number of Topliss-reactive ketones (excluding diaryl/α,β-unsaturated/α-hetero) is 2. The quantitative estimate of drug-likeness (QED) is 0.128. The Morgan fingerprint density at radius 2 is 1.84 bits per heavy atom. The number of ether oxygens (including phenoxy) is 5. The number of rotatable bonds is 12. The van der Waals surface area contributed by atoms with Gasteiger partial charge >= 0.3 is 12.1 Å². The Kier molecular flexibility index (Phi) is 14.8. The Balaban J connectivity index is 1.74. The van der Waals surface area contributed by atoms with Crippen LogP contribution in [0.3, 0.4) is 0 Å². The van der Waals surface area contributed by atoms with E-state index in [4.69, 9.17) is 23.7 Å². The van der Waals surface area contributed by atoms with Gasteiger partial charge in [-0.2, -0.15) is 0 Å². The predicted molar refractivity (Wildman–Crippen MR) is 202 cm³/mol. The number of carbonyl (C=O) groups excluding carboxylic acids is 4. The lowest BCUT2D eigenvalue weighted by molar-refractivity contribution is -0.290. The number of aliphatic hydroxyl groups is 1.